The number of nitrogens with zero attached hydrogens (tertiary/aromatic N) is 17. The van der Waals surface area contributed by atoms with Gasteiger partial charge in [0.25, 0.3) is 0 Å². The van der Waals surface area contributed by atoms with Crippen molar-refractivity contribution in [1.82, 2.24) is 68.6 Å². The summed E-state index contributed by atoms with van der Waals surface area (Å²) in [4.78, 5) is 55.3. The normalized spacial score (nSPS) is 17.7. The van der Waals surface area contributed by atoms with Crippen molar-refractivity contribution in [2.45, 2.75) is 40.8 Å². The molecule has 68 heavy (non-hydrogen) atoms. The molecule has 4 saturated heterocycles. The lowest BCUT2D eigenvalue weighted by Crippen LogP contribution is -2.49. The Morgan fingerprint density at radius 1 is 0.559 bits per heavy atom. The molecule has 0 aromatic carbocycles. The number of aromatic nitrogens is 12. The van der Waals surface area contributed by atoms with Gasteiger partial charge in [-0.15, -0.1) is 0 Å². The van der Waals surface area contributed by atoms with Gasteiger partial charge in [0.05, 0.1) is 43.8 Å². The van der Waals surface area contributed by atoms with Crippen LogP contribution in [0.2, 0.25) is 0 Å². The molecule has 4 aliphatic heterocycles. The van der Waals surface area contributed by atoms with Crippen LogP contribution in [-0.2, 0) is 32.6 Å². The molecule has 10 heterocycles. The van der Waals surface area contributed by atoms with Crippen molar-refractivity contribution in [3.63, 3.8) is 0 Å². The average Bonchev–Trinajstić information content (AvgIpc) is 3.89. The molecular weight excluding hydrogens is 893 g/mol. The van der Waals surface area contributed by atoms with Gasteiger partial charge in [-0.05, 0) is 11.8 Å². The number of imidazole rings is 2. The van der Waals surface area contributed by atoms with E-state index in [-0.39, 0.29) is 11.9 Å². The molecule has 10 rings (SSSR count). The van der Waals surface area contributed by atoms with Crippen LogP contribution in [0.5, 0.6) is 0 Å². The van der Waals surface area contributed by atoms with Crippen LogP contribution >= 0.6 is 0 Å². The predicted molar refractivity (Wildman–Crippen MR) is 261 cm³/mol. The van der Waals surface area contributed by atoms with Crippen molar-refractivity contribution < 1.29 is 17.9 Å². The highest BCUT2D eigenvalue weighted by Crippen LogP contribution is 2.34. The summed E-state index contributed by atoms with van der Waals surface area (Å²) in [6.07, 6.45) is 7.85. The highest BCUT2D eigenvalue weighted by Gasteiger charge is 2.31. The number of nitrogen functional groups attached to an aromatic ring is 2. The van der Waals surface area contributed by atoms with Crippen molar-refractivity contribution in [2.75, 3.05) is 142 Å². The third-order valence-corrected chi connectivity index (χ3v) is 13.4. The summed E-state index contributed by atoms with van der Waals surface area (Å²) >= 11 is 0. The molecule has 0 unspecified atom stereocenters. The number of sulfonamides is 1. The summed E-state index contributed by atoms with van der Waals surface area (Å²) in [6, 6.07) is 0. The highest BCUT2D eigenvalue weighted by molar-refractivity contribution is 7.88. The van der Waals surface area contributed by atoms with Crippen LogP contribution in [0.25, 0.3) is 45.1 Å². The number of fused-ring (bicyclic) bond motifs is 2. The Morgan fingerprint density at radius 2 is 0.956 bits per heavy atom. The SMILES string of the molecule is CC(C)Cn1c(N2CCN(S(C)(=O)=O)CC2)nc2c(N3CCOCC3)nc(-c3cnc(N)nc3)nc21.CC(C)Cn1c(N2CCNCC2)nc2c(N3CCOCC3)nc(-c3cnc(N)nc3)nc21. The first-order chi connectivity index (χ1) is 32.8. The molecule has 0 aliphatic carbocycles. The molecule has 0 spiro atoms. The Bertz CT molecular complexity index is 2780. The smallest absolute Gasteiger partial charge is 0.219 e. The second-order valence-electron chi connectivity index (χ2n) is 18.2. The van der Waals surface area contributed by atoms with E-state index >= 15 is 0 Å². The van der Waals surface area contributed by atoms with Crippen molar-refractivity contribution in [3.05, 3.63) is 24.8 Å². The molecule has 0 amide bonds. The van der Waals surface area contributed by atoms with E-state index in [1.807, 2.05) is 0 Å². The number of nitrogens with two attached hydrogens (primary N) is 2. The van der Waals surface area contributed by atoms with E-state index in [1.54, 1.807) is 24.8 Å². The summed E-state index contributed by atoms with van der Waals surface area (Å²) in [6.45, 7) is 21.4. The second kappa shape index (κ2) is 20.2. The monoisotopic (exact) mass is 954 g/mol. The largest absolute Gasteiger partial charge is 0.378 e. The molecule has 0 radical (unpaired) electrons. The average molecular weight is 955 g/mol. The maximum atomic E-state index is 12.0. The number of piperazine rings is 2. The zero-order valence-electron chi connectivity index (χ0n) is 39.5. The number of ether oxygens (including phenoxy) is 2. The third-order valence-electron chi connectivity index (χ3n) is 12.1. The number of anilines is 6. The molecule has 4 fully saturated rings. The van der Waals surface area contributed by atoms with E-state index in [0.29, 0.717) is 101 Å². The van der Waals surface area contributed by atoms with Crippen LogP contribution in [0.15, 0.2) is 24.8 Å². The third kappa shape index (κ3) is 10.3. The van der Waals surface area contributed by atoms with Crippen LogP contribution in [0.3, 0.4) is 0 Å². The maximum Gasteiger partial charge on any atom is 0.219 e. The van der Waals surface area contributed by atoms with Gasteiger partial charge in [-0.25, -0.2) is 58.3 Å². The molecule has 0 atom stereocenters. The molecule has 5 N–H and O–H groups in total. The molecule has 364 valence electrons. The van der Waals surface area contributed by atoms with Gasteiger partial charge < -0.3 is 45.9 Å². The van der Waals surface area contributed by atoms with Crippen LogP contribution in [-0.4, -0.2) is 183 Å². The Kier molecular flexibility index (Phi) is 14.0. The second-order valence-corrected chi connectivity index (χ2v) is 20.1. The van der Waals surface area contributed by atoms with Crippen molar-refractivity contribution in [2.24, 2.45) is 11.8 Å². The van der Waals surface area contributed by atoms with Crippen LogP contribution < -0.4 is 36.4 Å². The van der Waals surface area contributed by atoms with Crippen LogP contribution in [0, 0.1) is 11.8 Å². The first-order valence-electron chi connectivity index (χ1n) is 23.3. The Morgan fingerprint density at radius 3 is 1.34 bits per heavy atom. The molecule has 24 nitrogen and oxygen atoms in total. The zero-order chi connectivity index (χ0) is 47.5. The Hall–Kier alpha value is -6.15. The minimum atomic E-state index is -3.23. The van der Waals surface area contributed by atoms with E-state index in [9.17, 15) is 8.42 Å². The van der Waals surface area contributed by atoms with Crippen molar-refractivity contribution in [1.29, 1.82) is 0 Å². The van der Waals surface area contributed by atoms with Gasteiger partial charge in [0.1, 0.15) is 0 Å². The van der Waals surface area contributed by atoms with E-state index in [0.717, 1.165) is 97.2 Å². The number of nitrogens with one attached hydrogen (secondary N) is 1. The Balaban J connectivity index is 0.000000171. The van der Waals surface area contributed by atoms with Gasteiger partial charge in [-0.3, -0.25) is 9.13 Å². The van der Waals surface area contributed by atoms with E-state index in [1.165, 1.54) is 10.6 Å². The summed E-state index contributed by atoms with van der Waals surface area (Å²) < 4.78 is 41.1. The summed E-state index contributed by atoms with van der Waals surface area (Å²) in [7, 11) is -3.23. The molecule has 4 aliphatic rings. The van der Waals surface area contributed by atoms with Crippen LogP contribution in [0.4, 0.5) is 35.4 Å². The molecule has 0 bridgehead atoms. The minimum absolute atomic E-state index is 0.189. The fourth-order valence-corrected chi connectivity index (χ4v) is 9.57. The van der Waals surface area contributed by atoms with Gasteiger partial charge in [0.15, 0.2) is 45.6 Å². The summed E-state index contributed by atoms with van der Waals surface area (Å²) in [5, 5.41) is 3.42. The molecule has 6 aromatic heterocycles. The van der Waals surface area contributed by atoms with Crippen molar-refractivity contribution >= 4 is 67.8 Å². The number of morpholine rings is 2. The molecule has 6 aromatic rings. The van der Waals surface area contributed by atoms with Gasteiger partial charge in [-0.1, -0.05) is 27.7 Å². The van der Waals surface area contributed by atoms with E-state index in [4.69, 9.17) is 50.8 Å². The minimum Gasteiger partial charge on any atom is -0.378 e. The number of hydrogen-bond acceptors (Lipinski definition) is 21. The van der Waals surface area contributed by atoms with E-state index < -0.39 is 10.0 Å². The molecular formula is C43H62N20O4S. The highest BCUT2D eigenvalue weighted by atomic mass is 32.2. The van der Waals surface area contributed by atoms with Gasteiger partial charge in [0, 0.05) is 116 Å². The van der Waals surface area contributed by atoms with Crippen molar-refractivity contribution in [3.8, 4) is 22.8 Å². The summed E-state index contributed by atoms with van der Waals surface area (Å²) in [5.74, 6) is 5.60. The predicted octanol–water partition coefficient (Wildman–Crippen LogP) is 1.21. The van der Waals surface area contributed by atoms with Gasteiger partial charge >= 0.3 is 0 Å². The quantitative estimate of drug-likeness (QED) is 0.165. The standard InChI is InChI=1S/C22H32N10O3S.C21H30N10O/c1-15(2)14-32-20-17(26-22(32)30-4-6-31(7-5-30)36(3,33)34)19(29-8-10-35-11-9-29)27-18(28-20)16-12-24-21(23)25-13-16;1-14(2)13-31-19-16(26-21(31)30-5-3-23-4-6-30)18(29-7-9-32-10-8-29)27-17(28-19)15-11-24-20(22)25-12-15/h12-13,15H,4-11,14H2,1-3H3,(H2,23,24,25);11-12,14,23H,3-10,13H2,1-2H3,(H2,22,24,25). The Labute approximate surface area is 395 Å². The topological polar surface area (TPSA) is 272 Å². The lowest BCUT2D eigenvalue weighted by molar-refractivity contribution is 0.122. The maximum absolute atomic E-state index is 12.0. The van der Waals surface area contributed by atoms with Gasteiger partial charge in [-0.2, -0.15) is 4.31 Å². The van der Waals surface area contributed by atoms with Gasteiger partial charge in [0.2, 0.25) is 33.8 Å². The van der Waals surface area contributed by atoms with E-state index in [2.05, 4.69) is 81.7 Å². The number of hydrogen-bond donors (Lipinski definition) is 3. The molecule has 25 heteroatoms. The first-order valence-corrected chi connectivity index (χ1v) is 25.2. The first kappa shape index (κ1) is 46.9. The summed E-state index contributed by atoms with van der Waals surface area (Å²) in [5.41, 5.74) is 15.9. The van der Waals surface area contributed by atoms with Crippen LogP contribution in [0.1, 0.15) is 27.7 Å². The molecule has 0 saturated carbocycles. The fraction of sp³-hybridized carbons (Fsp3) is 0.581. The lowest BCUT2D eigenvalue weighted by Gasteiger charge is -2.34. The lowest BCUT2D eigenvalue weighted by atomic mass is 10.2. The number of rotatable bonds is 11. The zero-order valence-corrected chi connectivity index (χ0v) is 40.3. The fourth-order valence-electron chi connectivity index (χ4n) is 8.74.